The summed E-state index contributed by atoms with van der Waals surface area (Å²) in [4.78, 5) is 16.2. The van der Waals surface area contributed by atoms with Gasteiger partial charge in [0.1, 0.15) is 5.82 Å². The van der Waals surface area contributed by atoms with Crippen molar-refractivity contribution in [2.45, 2.75) is 24.8 Å². The zero-order valence-electron chi connectivity index (χ0n) is 17.3. The van der Waals surface area contributed by atoms with Crippen molar-refractivity contribution >= 4 is 21.7 Å². The molecule has 7 nitrogen and oxygen atoms in total. The number of rotatable bonds is 8. The summed E-state index contributed by atoms with van der Waals surface area (Å²) in [5.41, 5.74) is 7.89. The van der Waals surface area contributed by atoms with E-state index >= 15 is 0 Å². The summed E-state index contributed by atoms with van der Waals surface area (Å²) in [5.74, 6) is -0.818. The number of nitrogens with one attached hydrogen (secondary N) is 2. The predicted molar refractivity (Wildman–Crippen MR) is 115 cm³/mol. The Balaban J connectivity index is 1.95. The molecule has 0 saturated carbocycles. The van der Waals surface area contributed by atoms with Crippen molar-refractivity contribution in [2.75, 3.05) is 19.8 Å². The predicted octanol–water partition coefficient (Wildman–Crippen LogP) is 1.55. The number of hydrogen-bond donors (Lipinski definition) is 3. The number of nitrogens with two attached hydrogens (primary N) is 1. The van der Waals surface area contributed by atoms with Gasteiger partial charge in [-0.25, -0.2) is 12.8 Å². The fourth-order valence-electron chi connectivity index (χ4n) is 3.04. The minimum atomic E-state index is -3.26. The summed E-state index contributed by atoms with van der Waals surface area (Å²) < 4.78 is 36.5. The molecule has 0 saturated heterocycles. The highest BCUT2D eigenvalue weighted by Gasteiger charge is 2.17. The maximum Gasteiger partial charge on any atom is 0.222 e. The lowest BCUT2D eigenvalue weighted by Gasteiger charge is -2.17. The highest BCUT2D eigenvalue weighted by atomic mass is 32.2. The largest absolute Gasteiger partial charge is 0.369 e. The lowest BCUT2D eigenvalue weighted by molar-refractivity contribution is -0.121. The highest BCUT2D eigenvalue weighted by molar-refractivity contribution is 7.90. The first-order chi connectivity index (χ1) is 14.1. The van der Waals surface area contributed by atoms with Crippen LogP contribution in [0.2, 0.25) is 0 Å². The molecule has 2 aromatic carbocycles. The van der Waals surface area contributed by atoms with Crippen LogP contribution in [0, 0.1) is 18.7 Å². The number of carbonyl (C=O) groups excluding carboxylic acids is 1. The second kappa shape index (κ2) is 10.2. The molecule has 4 N–H and O–H groups in total. The molecule has 1 amide bonds. The molecule has 1 unspecified atom stereocenters. The molecule has 0 aromatic heterocycles. The Hall–Kier alpha value is -2.94. The number of aryl methyl sites for hydroxylation is 1. The molecular weight excluding hydrogens is 407 g/mol. The van der Waals surface area contributed by atoms with Gasteiger partial charge < -0.3 is 16.4 Å². The molecule has 2 rings (SSSR count). The van der Waals surface area contributed by atoms with Gasteiger partial charge in [0.05, 0.1) is 10.8 Å². The van der Waals surface area contributed by atoms with Crippen LogP contribution < -0.4 is 16.4 Å². The number of halogens is 1. The van der Waals surface area contributed by atoms with Gasteiger partial charge >= 0.3 is 0 Å². The number of benzene rings is 2. The Bertz CT molecular complexity index is 1020. The lowest BCUT2D eigenvalue weighted by Crippen LogP contribution is -2.42. The quantitative estimate of drug-likeness (QED) is 0.431. The summed E-state index contributed by atoms with van der Waals surface area (Å²) >= 11 is 0. The molecule has 0 heterocycles. The molecule has 30 heavy (non-hydrogen) atoms. The van der Waals surface area contributed by atoms with Gasteiger partial charge in [-0.3, -0.25) is 9.79 Å². The van der Waals surface area contributed by atoms with Crippen LogP contribution in [0.1, 0.15) is 16.7 Å². The van der Waals surface area contributed by atoms with Crippen molar-refractivity contribution in [3.05, 3.63) is 65.0 Å². The Morgan fingerprint density at radius 1 is 1.13 bits per heavy atom. The first-order valence-electron chi connectivity index (χ1n) is 9.38. The van der Waals surface area contributed by atoms with Crippen molar-refractivity contribution in [2.24, 2.45) is 16.6 Å². The van der Waals surface area contributed by atoms with E-state index in [2.05, 4.69) is 15.6 Å². The third-order valence-corrected chi connectivity index (χ3v) is 5.89. The van der Waals surface area contributed by atoms with E-state index in [1.807, 2.05) is 0 Å². The van der Waals surface area contributed by atoms with Crippen LogP contribution in [0.5, 0.6) is 0 Å². The maximum absolute atomic E-state index is 13.1. The van der Waals surface area contributed by atoms with Crippen LogP contribution in [0.15, 0.2) is 52.4 Å². The van der Waals surface area contributed by atoms with E-state index in [1.54, 1.807) is 44.3 Å². The molecule has 2 aromatic rings. The number of hydrogen-bond acceptors (Lipinski definition) is 4. The number of guanidine groups is 1. The van der Waals surface area contributed by atoms with Gasteiger partial charge in [0.2, 0.25) is 5.91 Å². The van der Waals surface area contributed by atoms with Crippen molar-refractivity contribution in [1.29, 1.82) is 0 Å². The van der Waals surface area contributed by atoms with Crippen LogP contribution in [-0.2, 0) is 27.6 Å². The van der Waals surface area contributed by atoms with E-state index in [9.17, 15) is 17.6 Å². The van der Waals surface area contributed by atoms with E-state index < -0.39 is 21.7 Å². The zero-order valence-corrected chi connectivity index (χ0v) is 18.1. The Morgan fingerprint density at radius 2 is 1.77 bits per heavy atom. The molecule has 0 bridgehead atoms. The van der Waals surface area contributed by atoms with Gasteiger partial charge in [-0.05, 0) is 48.2 Å². The molecule has 0 aliphatic heterocycles. The van der Waals surface area contributed by atoms with Crippen molar-refractivity contribution in [3.63, 3.8) is 0 Å². The summed E-state index contributed by atoms with van der Waals surface area (Å²) in [6, 6.07) is 11.1. The summed E-state index contributed by atoms with van der Waals surface area (Å²) in [7, 11) is -1.66. The molecule has 9 heteroatoms. The van der Waals surface area contributed by atoms with Gasteiger partial charge in [-0.15, -0.1) is 0 Å². The van der Waals surface area contributed by atoms with E-state index in [-0.39, 0.29) is 12.4 Å². The smallest absolute Gasteiger partial charge is 0.222 e. The highest BCUT2D eigenvalue weighted by Crippen LogP contribution is 2.16. The third kappa shape index (κ3) is 6.84. The Labute approximate surface area is 176 Å². The number of nitrogens with zero attached hydrogens (tertiary/aromatic N) is 1. The minimum Gasteiger partial charge on any atom is -0.369 e. The summed E-state index contributed by atoms with van der Waals surface area (Å²) in [6.45, 7) is 2.43. The van der Waals surface area contributed by atoms with Gasteiger partial charge in [0.15, 0.2) is 15.8 Å². The van der Waals surface area contributed by atoms with Crippen LogP contribution in [0.3, 0.4) is 0 Å². The molecule has 0 aliphatic carbocycles. The lowest BCUT2D eigenvalue weighted by atomic mass is 9.98. The monoisotopic (exact) mass is 434 g/mol. The second-order valence-corrected chi connectivity index (χ2v) is 9.09. The van der Waals surface area contributed by atoms with Crippen LogP contribution in [-0.4, -0.2) is 40.1 Å². The van der Waals surface area contributed by atoms with Crippen molar-refractivity contribution < 1.29 is 17.6 Å². The summed E-state index contributed by atoms with van der Waals surface area (Å²) in [5, 5.41) is 6.20. The van der Waals surface area contributed by atoms with Crippen LogP contribution in [0.25, 0.3) is 0 Å². The van der Waals surface area contributed by atoms with Crippen molar-refractivity contribution in [1.82, 2.24) is 10.6 Å². The van der Waals surface area contributed by atoms with Gasteiger partial charge in [-0.2, -0.15) is 0 Å². The third-order valence-electron chi connectivity index (χ3n) is 4.64. The molecule has 1 atom stereocenters. The number of carbonyl (C=O) groups is 1. The van der Waals surface area contributed by atoms with E-state index in [4.69, 9.17) is 5.73 Å². The normalized spacial score (nSPS) is 13.0. The van der Waals surface area contributed by atoms with E-state index in [0.29, 0.717) is 29.4 Å². The molecule has 0 aliphatic rings. The van der Waals surface area contributed by atoms with Crippen molar-refractivity contribution in [3.8, 4) is 0 Å². The molecular formula is C21H27FN4O3S. The molecule has 0 fully saturated rings. The number of amides is 1. The second-order valence-electron chi connectivity index (χ2n) is 7.11. The SMILES string of the molecule is CN=C(NCc1ccc(S(C)(=O)=O)c(C)c1)NCC(Cc1ccc(F)cc1)C(N)=O. The number of aliphatic imine (C=N–C) groups is 1. The summed E-state index contributed by atoms with van der Waals surface area (Å²) in [6.07, 6.45) is 1.56. The molecule has 0 spiro atoms. The van der Waals surface area contributed by atoms with Gasteiger partial charge in [-0.1, -0.05) is 24.3 Å². The zero-order chi connectivity index (χ0) is 22.3. The Morgan fingerprint density at radius 3 is 2.30 bits per heavy atom. The van der Waals surface area contributed by atoms with Crippen LogP contribution in [0.4, 0.5) is 4.39 Å². The average molecular weight is 435 g/mol. The van der Waals surface area contributed by atoms with E-state index in [0.717, 1.165) is 11.1 Å². The molecule has 162 valence electrons. The number of primary amides is 1. The van der Waals surface area contributed by atoms with Crippen LogP contribution >= 0.6 is 0 Å². The Kier molecular flexibility index (Phi) is 7.93. The minimum absolute atomic E-state index is 0.262. The fraction of sp³-hybridized carbons (Fsp3) is 0.333. The van der Waals surface area contributed by atoms with Gasteiger partial charge in [0, 0.05) is 26.4 Å². The fourth-order valence-corrected chi connectivity index (χ4v) is 4.00. The van der Waals surface area contributed by atoms with Gasteiger partial charge in [0.25, 0.3) is 0 Å². The molecule has 0 radical (unpaired) electrons. The topological polar surface area (TPSA) is 114 Å². The number of sulfone groups is 1. The average Bonchev–Trinajstić information content (AvgIpc) is 2.67. The first kappa shape index (κ1) is 23.3. The standard InChI is InChI=1S/C21H27FN4O3S/c1-14-10-16(6-9-19(14)30(3,28)29)12-25-21(24-2)26-13-17(20(23)27)11-15-4-7-18(22)8-5-15/h4-10,17H,11-13H2,1-3H3,(H2,23,27)(H2,24,25,26). The van der Waals surface area contributed by atoms with E-state index in [1.165, 1.54) is 18.4 Å². The first-order valence-corrected chi connectivity index (χ1v) is 11.3. The maximum atomic E-state index is 13.1.